The van der Waals surface area contributed by atoms with E-state index in [4.69, 9.17) is 0 Å². The average Bonchev–Trinajstić information content (AvgIpc) is 3.25. The predicted octanol–water partition coefficient (Wildman–Crippen LogP) is 17.9. The molecule has 0 bridgehead atoms. The fourth-order valence-corrected chi connectivity index (χ4v) is 8.75. The molecule has 0 aromatic rings. The third kappa shape index (κ3) is 47.9. The molecule has 0 saturated carbocycles. The minimum absolute atomic E-state index is 0.0276. The van der Waals surface area contributed by atoms with Gasteiger partial charge in [0.05, 0.1) is 18.8 Å². The Bertz CT molecular complexity index is 871. The molecule has 3 N–H and O–H groups in total. The van der Waals surface area contributed by atoms with Crippen molar-refractivity contribution in [3.8, 4) is 0 Å². The smallest absolute Gasteiger partial charge is 0.220 e. The fraction of sp³-hybridized carbons (Fsp3) is 0.911. The van der Waals surface area contributed by atoms with E-state index in [0.29, 0.717) is 12.8 Å². The van der Waals surface area contributed by atoms with Gasteiger partial charge in [-0.1, -0.05) is 282 Å². The van der Waals surface area contributed by atoms with Crippen molar-refractivity contribution < 1.29 is 15.0 Å². The maximum Gasteiger partial charge on any atom is 0.220 e. The third-order valence-electron chi connectivity index (χ3n) is 13.0. The molecular weight excluding hydrogens is 735 g/mol. The van der Waals surface area contributed by atoms with Crippen LogP contribution in [0.2, 0.25) is 0 Å². The highest BCUT2D eigenvalue weighted by atomic mass is 16.3. The number of carbonyl (C=O) groups is 1. The lowest BCUT2D eigenvalue weighted by Crippen LogP contribution is -2.45. The third-order valence-corrected chi connectivity index (χ3v) is 13.0. The summed E-state index contributed by atoms with van der Waals surface area (Å²) in [5.41, 5.74) is 0. The number of aliphatic hydroxyl groups excluding tert-OH is 2. The molecule has 0 aromatic heterocycles. The number of nitrogens with one attached hydrogen (secondary N) is 1. The molecule has 0 fully saturated rings. The largest absolute Gasteiger partial charge is 0.394 e. The van der Waals surface area contributed by atoms with E-state index in [0.717, 1.165) is 32.1 Å². The van der Waals surface area contributed by atoms with E-state index in [2.05, 4.69) is 43.5 Å². The van der Waals surface area contributed by atoms with Crippen molar-refractivity contribution in [2.24, 2.45) is 0 Å². The first-order valence-electron chi connectivity index (χ1n) is 27.5. The second kappa shape index (κ2) is 52.2. The van der Waals surface area contributed by atoms with Crippen LogP contribution in [0, 0.1) is 0 Å². The van der Waals surface area contributed by atoms with Crippen molar-refractivity contribution in [3.63, 3.8) is 0 Å². The van der Waals surface area contributed by atoms with Crippen molar-refractivity contribution >= 4 is 5.91 Å². The SMILES string of the molecule is CCCCCCCCCCC/C=C\C/C=C\CCCCCCCCCCCCCCCC(=O)NC(CO)C(O)CCCCCCCCCCCCCCCCCCCCC. The summed E-state index contributed by atoms with van der Waals surface area (Å²) < 4.78 is 0. The van der Waals surface area contributed by atoms with Gasteiger partial charge in [0.2, 0.25) is 5.91 Å². The van der Waals surface area contributed by atoms with Crippen LogP contribution in [0.4, 0.5) is 0 Å². The molecule has 2 atom stereocenters. The maximum absolute atomic E-state index is 12.5. The Morgan fingerprint density at radius 3 is 1.00 bits per heavy atom. The maximum atomic E-state index is 12.5. The van der Waals surface area contributed by atoms with Gasteiger partial charge in [0.1, 0.15) is 0 Å². The van der Waals surface area contributed by atoms with Crippen molar-refractivity contribution in [2.75, 3.05) is 6.61 Å². The van der Waals surface area contributed by atoms with Crippen LogP contribution >= 0.6 is 0 Å². The standard InChI is InChI=1S/C56H109NO3/c1-3-5-7-9-11-13-15-17-19-21-23-24-25-26-27-28-29-30-31-32-34-36-38-40-42-44-46-48-50-52-56(60)57-54(53-58)55(59)51-49-47-45-43-41-39-37-35-33-22-20-18-16-14-12-10-8-6-4-2/h23-24,26-27,54-55,58-59H,3-22,25,28-53H2,1-2H3,(H,57,60)/b24-23-,27-26-. The molecule has 4 heteroatoms. The van der Waals surface area contributed by atoms with E-state index >= 15 is 0 Å². The number of allylic oxidation sites excluding steroid dienone is 4. The van der Waals surface area contributed by atoms with E-state index < -0.39 is 12.1 Å². The van der Waals surface area contributed by atoms with Gasteiger partial charge >= 0.3 is 0 Å². The number of rotatable bonds is 51. The van der Waals surface area contributed by atoms with Crippen LogP contribution in [0.3, 0.4) is 0 Å². The molecule has 0 aliphatic rings. The van der Waals surface area contributed by atoms with Gasteiger partial charge < -0.3 is 15.5 Å². The molecule has 60 heavy (non-hydrogen) atoms. The summed E-state index contributed by atoms with van der Waals surface area (Å²) in [4.78, 5) is 12.5. The van der Waals surface area contributed by atoms with Gasteiger partial charge in [-0.25, -0.2) is 0 Å². The molecule has 0 aliphatic heterocycles. The lowest BCUT2D eigenvalue weighted by molar-refractivity contribution is -0.123. The first kappa shape index (κ1) is 58.9. The zero-order chi connectivity index (χ0) is 43.5. The number of hydrogen-bond acceptors (Lipinski definition) is 3. The lowest BCUT2D eigenvalue weighted by Gasteiger charge is -2.22. The molecule has 356 valence electrons. The minimum atomic E-state index is -0.659. The first-order chi connectivity index (χ1) is 29.7. The lowest BCUT2D eigenvalue weighted by atomic mass is 10.0. The van der Waals surface area contributed by atoms with Gasteiger partial charge in [0.25, 0.3) is 0 Å². The zero-order valence-corrected chi connectivity index (χ0v) is 41.0. The number of amides is 1. The quantitative estimate of drug-likeness (QED) is 0.0422. The Hall–Kier alpha value is -1.13. The molecule has 0 heterocycles. The second-order valence-corrected chi connectivity index (χ2v) is 19.0. The van der Waals surface area contributed by atoms with Crippen LogP contribution in [0.5, 0.6) is 0 Å². The molecule has 2 unspecified atom stereocenters. The zero-order valence-electron chi connectivity index (χ0n) is 41.0. The Morgan fingerprint density at radius 2 is 0.683 bits per heavy atom. The van der Waals surface area contributed by atoms with E-state index in [1.165, 1.54) is 250 Å². The van der Waals surface area contributed by atoms with E-state index in [-0.39, 0.29) is 12.5 Å². The molecule has 0 spiro atoms. The number of unbranched alkanes of at least 4 members (excludes halogenated alkanes) is 40. The van der Waals surface area contributed by atoms with Crippen molar-refractivity contribution in [1.82, 2.24) is 5.32 Å². The van der Waals surface area contributed by atoms with Gasteiger partial charge in [0.15, 0.2) is 0 Å². The first-order valence-corrected chi connectivity index (χ1v) is 27.5. The number of aliphatic hydroxyl groups is 2. The van der Waals surface area contributed by atoms with E-state index in [1.54, 1.807) is 0 Å². The highest BCUT2D eigenvalue weighted by molar-refractivity contribution is 5.76. The Labute approximate surface area is 377 Å². The van der Waals surface area contributed by atoms with Crippen LogP contribution in [0.1, 0.15) is 309 Å². The van der Waals surface area contributed by atoms with Crippen LogP contribution in [0.15, 0.2) is 24.3 Å². The molecule has 0 radical (unpaired) electrons. The fourth-order valence-electron chi connectivity index (χ4n) is 8.75. The summed E-state index contributed by atoms with van der Waals surface area (Å²) in [6.45, 7) is 4.39. The van der Waals surface area contributed by atoms with Gasteiger partial charge in [-0.3, -0.25) is 4.79 Å². The molecule has 0 saturated heterocycles. The average molecular weight is 844 g/mol. The summed E-state index contributed by atoms with van der Waals surface area (Å²) in [6, 6.07) is -0.535. The van der Waals surface area contributed by atoms with Crippen LogP contribution < -0.4 is 5.32 Å². The summed E-state index contributed by atoms with van der Waals surface area (Å²) in [7, 11) is 0. The van der Waals surface area contributed by atoms with Gasteiger partial charge in [0, 0.05) is 6.42 Å². The van der Waals surface area contributed by atoms with Crippen molar-refractivity contribution in [1.29, 1.82) is 0 Å². The molecule has 1 amide bonds. The molecule has 0 aromatic carbocycles. The Kier molecular flexibility index (Phi) is 51.2. The van der Waals surface area contributed by atoms with Gasteiger partial charge in [-0.05, 0) is 44.9 Å². The predicted molar refractivity (Wildman–Crippen MR) is 267 cm³/mol. The van der Waals surface area contributed by atoms with Gasteiger partial charge in [-0.2, -0.15) is 0 Å². The second-order valence-electron chi connectivity index (χ2n) is 19.0. The summed E-state index contributed by atoms with van der Waals surface area (Å²) in [5.74, 6) is -0.0276. The number of hydrogen-bond donors (Lipinski definition) is 3. The summed E-state index contributed by atoms with van der Waals surface area (Å²) in [6.07, 6.45) is 68.7. The Morgan fingerprint density at radius 1 is 0.400 bits per heavy atom. The molecule has 0 aliphatic carbocycles. The van der Waals surface area contributed by atoms with Gasteiger partial charge in [-0.15, -0.1) is 0 Å². The molecular formula is C56H109NO3. The molecule has 0 rings (SSSR count). The van der Waals surface area contributed by atoms with Crippen molar-refractivity contribution in [3.05, 3.63) is 24.3 Å². The highest BCUT2D eigenvalue weighted by Gasteiger charge is 2.20. The normalized spacial score (nSPS) is 12.9. The minimum Gasteiger partial charge on any atom is -0.394 e. The highest BCUT2D eigenvalue weighted by Crippen LogP contribution is 2.17. The monoisotopic (exact) mass is 844 g/mol. The van der Waals surface area contributed by atoms with Crippen molar-refractivity contribution in [2.45, 2.75) is 321 Å². The topological polar surface area (TPSA) is 69.6 Å². The Balaban J connectivity index is 3.45. The van der Waals surface area contributed by atoms with Crippen LogP contribution in [0.25, 0.3) is 0 Å². The van der Waals surface area contributed by atoms with Crippen LogP contribution in [-0.4, -0.2) is 34.9 Å². The summed E-state index contributed by atoms with van der Waals surface area (Å²) >= 11 is 0. The molecule has 4 nitrogen and oxygen atoms in total. The van der Waals surface area contributed by atoms with E-state index in [1.807, 2.05) is 0 Å². The number of carbonyl (C=O) groups excluding carboxylic acids is 1. The van der Waals surface area contributed by atoms with Crippen LogP contribution in [-0.2, 0) is 4.79 Å². The van der Waals surface area contributed by atoms with E-state index in [9.17, 15) is 15.0 Å². The summed E-state index contributed by atoms with van der Waals surface area (Å²) in [5, 5.41) is 23.3.